The van der Waals surface area contributed by atoms with E-state index in [1.54, 1.807) is 0 Å². The second-order valence-electron chi connectivity index (χ2n) is 8.99. The van der Waals surface area contributed by atoms with Crippen molar-refractivity contribution >= 4 is 17.1 Å². The van der Waals surface area contributed by atoms with Crippen molar-refractivity contribution < 1.29 is 0 Å². The Morgan fingerprint density at radius 3 is 2.43 bits per heavy atom. The standard InChI is InChI=1S/C31H25N3O/c35-31-27-16-8-9-17-29(27)33-30-28(18-23-12-4-5-14-25(23)21-34(30)31)26-15-7-6-13-24(26)20-32-19-22-10-2-1-3-11-22/h1-17,20,28H,18-19,21H2. The van der Waals surface area contributed by atoms with E-state index in [0.717, 1.165) is 28.9 Å². The van der Waals surface area contributed by atoms with Crippen LogP contribution in [0.15, 0.2) is 113 Å². The number of benzene rings is 4. The zero-order valence-electron chi connectivity index (χ0n) is 19.3. The molecule has 5 aromatic rings. The molecule has 1 aliphatic rings. The number of aromatic nitrogens is 2. The fraction of sp³-hybridized carbons (Fsp3) is 0.129. The van der Waals surface area contributed by atoms with Crippen molar-refractivity contribution in [3.8, 4) is 0 Å². The first kappa shape index (κ1) is 21.2. The number of aliphatic imine (C=N–C) groups is 1. The molecule has 0 amide bonds. The van der Waals surface area contributed by atoms with Gasteiger partial charge in [0, 0.05) is 12.1 Å². The van der Waals surface area contributed by atoms with Gasteiger partial charge in [-0.1, -0.05) is 91.0 Å². The fourth-order valence-electron chi connectivity index (χ4n) is 5.02. The van der Waals surface area contributed by atoms with Crippen molar-refractivity contribution in [2.75, 3.05) is 0 Å². The van der Waals surface area contributed by atoms with Crippen LogP contribution in [0, 0.1) is 0 Å². The van der Waals surface area contributed by atoms with Crippen LogP contribution in [0.5, 0.6) is 0 Å². The minimum absolute atomic E-state index is 0.0162. The SMILES string of the molecule is O=c1c2ccccc2nc2n1Cc1ccccc1CC2c1ccccc1C=NCc1ccccc1. The van der Waals surface area contributed by atoms with E-state index >= 15 is 0 Å². The molecule has 0 bridgehead atoms. The summed E-state index contributed by atoms with van der Waals surface area (Å²) in [6, 6.07) is 34.7. The molecule has 0 aliphatic carbocycles. The highest BCUT2D eigenvalue weighted by Gasteiger charge is 2.27. The Morgan fingerprint density at radius 2 is 1.54 bits per heavy atom. The van der Waals surface area contributed by atoms with Crippen LogP contribution in [0.1, 0.15) is 39.6 Å². The predicted octanol–water partition coefficient (Wildman–Crippen LogP) is 5.75. The third kappa shape index (κ3) is 4.08. The first-order valence-corrected chi connectivity index (χ1v) is 12.0. The molecule has 0 saturated heterocycles. The number of nitrogens with zero attached hydrogens (tertiary/aromatic N) is 3. The van der Waals surface area contributed by atoms with E-state index in [9.17, 15) is 4.79 Å². The van der Waals surface area contributed by atoms with Crippen LogP contribution in [0.2, 0.25) is 0 Å². The topological polar surface area (TPSA) is 47.2 Å². The van der Waals surface area contributed by atoms with Crippen LogP contribution in [0.3, 0.4) is 0 Å². The molecule has 35 heavy (non-hydrogen) atoms. The summed E-state index contributed by atoms with van der Waals surface area (Å²) >= 11 is 0. The van der Waals surface area contributed by atoms with E-state index in [0.29, 0.717) is 18.5 Å². The monoisotopic (exact) mass is 455 g/mol. The second-order valence-corrected chi connectivity index (χ2v) is 8.99. The Bertz CT molecular complexity index is 1600. The lowest BCUT2D eigenvalue weighted by Crippen LogP contribution is -2.27. The summed E-state index contributed by atoms with van der Waals surface area (Å²) in [5, 5.41) is 0.659. The van der Waals surface area contributed by atoms with E-state index in [2.05, 4.69) is 48.5 Å². The molecule has 2 heterocycles. The Balaban J connectivity index is 1.50. The summed E-state index contributed by atoms with van der Waals surface area (Å²) in [5.41, 5.74) is 6.55. The van der Waals surface area contributed by atoms with Gasteiger partial charge in [-0.05, 0) is 46.4 Å². The highest BCUT2D eigenvalue weighted by Crippen LogP contribution is 2.33. The van der Waals surface area contributed by atoms with Crippen molar-refractivity contribution in [3.63, 3.8) is 0 Å². The minimum Gasteiger partial charge on any atom is -0.291 e. The van der Waals surface area contributed by atoms with Gasteiger partial charge in [-0.3, -0.25) is 14.4 Å². The van der Waals surface area contributed by atoms with Crippen LogP contribution >= 0.6 is 0 Å². The lowest BCUT2D eigenvalue weighted by Gasteiger charge is -2.20. The highest BCUT2D eigenvalue weighted by molar-refractivity contribution is 5.82. The summed E-state index contributed by atoms with van der Waals surface area (Å²) in [6.07, 6.45) is 2.74. The molecule has 0 radical (unpaired) electrons. The summed E-state index contributed by atoms with van der Waals surface area (Å²) in [7, 11) is 0. The Labute approximate surface area is 204 Å². The van der Waals surface area contributed by atoms with Crippen LogP contribution in [0.25, 0.3) is 10.9 Å². The second kappa shape index (κ2) is 9.15. The molecule has 1 atom stereocenters. The molecular formula is C31H25N3O. The zero-order valence-corrected chi connectivity index (χ0v) is 19.3. The maximum absolute atomic E-state index is 13.6. The quantitative estimate of drug-likeness (QED) is 0.324. The number of rotatable bonds is 4. The smallest absolute Gasteiger partial charge is 0.261 e. The van der Waals surface area contributed by atoms with E-state index < -0.39 is 0 Å². The first-order valence-electron chi connectivity index (χ1n) is 12.0. The molecule has 6 rings (SSSR count). The van der Waals surface area contributed by atoms with Gasteiger partial charge in [0.2, 0.25) is 0 Å². The molecule has 1 unspecified atom stereocenters. The fourth-order valence-corrected chi connectivity index (χ4v) is 5.02. The molecule has 0 fully saturated rings. The molecule has 1 aromatic heterocycles. The van der Waals surface area contributed by atoms with Crippen molar-refractivity contribution in [3.05, 3.63) is 147 Å². The first-order chi connectivity index (χ1) is 17.3. The van der Waals surface area contributed by atoms with E-state index in [1.165, 1.54) is 16.7 Å². The van der Waals surface area contributed by atoms with Gasteiger partial charge in [-0.15, -0.1) is 0 Å². The molecule has 4 nitrogen and oxygen atoms in total. The van der Waals surface area contributed by atoms with Gasteiger partial charge in [0.15, 0.2) is 0 Å². The van der Waals surface area contributed by atoms with E-state index in [1.807, 2.05) is 65.4 Å². The molecule has 0 spiro atoms. The van der Waals surface area contributed by atoms with Crippen LogP contribution in [-0.2, 0) is 19.5 Å². The van der Waals surface area contributed by atoms with Crippen molar-refractivity contribution in [1.29, 1.82) is 0 Å². The molecule has 1 aliphatic heterocycles. The zero-order chi connectivity index (χ0) is 23.6. The average molecular weight is 456 g/mol. The van der Waals surface area contributed by atoms with Gasteiger partial charge in [0.05, 0.1) is 24.0 Å². The lowest BCUT2D eigenvalue weighted by molar-refractivity contribution is 0.652. The maximum atomic E-state index is 13.6. The summed E-state index contributed by atoms with van der Waals surface area (Å²) in [4.78, 5) is 23.4. The number of hydrogen-bond donors (Lipinski definition) is 0. The number of para-hydroxylation sites is 1. The Kier molecular flexibility index (Phi) is 5.55. The normalized spacial score (nSPS) is 15.0. The van der Waals surface area contributed by atoms with Gasteiger partial charge in [-0.2, -0.15) is 0 Å². The summed E-state index contributed by atoms with van der Waals surface area (Å²) in [5.74, 6) is 0.754. The number of hydrogen-bond acceptors (Lipinski definition) is 3. The van der Waals surface area contributed by atoms with Crippen LogP contribution < -0.4 is 5.56 Å². The lowest BCUT2D eigenvalue weighted by atomic mass is 9.87. The van der Waals surface area contributed by atoms with Crippen molar-refractivity contribution in [2.45, 2.75) is 25.4 Å². The van der Waals surface area contributed by atoms with Gasteiger partial charge in [0.1, 0.15) is 5.82 Å². The van der Waals surface area contributed by atoms with E-state index in [-0.39, 0.29) is 11.5 Å². The molecule has 0 N–H and O–H groups in total. The van der Waals surface area contributed by atoms with Gasteiger partial charge in [-0.25, -0.2) is 4.98 Å². The molecule has 4 heteroatoms. The Hall–Kier alpha value is -4.31. The predicted molar refractivity (Wildman–Crippen MR) is 141 cm³/mol. The maximum Gasteiger partial charge on any atom is 0.261 e. The van der Waals surface area contributed by atoms with Crippen molar-refractivity contribution in [2.24, 2.45) is 4.99 Å². The van der Waals surface area contributed by atoms with Crippen LogP contribution in [-0.4, -0.2) is 15.8 Å². The number of fused-ring (bicyclic) bond motifs is 3. The minimum atomic E-state index is -0.0599. The van der Waals surface area contributed by atoms with Gasteiger partial charge in [0.25, 0.3) is 5.56 Å². The Morgan fingerprint density at radius 1 is 0.829 bits per heavy atom. The van der Waals surface area contributed by atoms with Gasteiger partial charge < -0.3 is 0 Å². The molecule has 4 aromatic carbocycles. The largest absolute Gasteiger partial charge is 0.291 e. The summed E-state index contributed by atoms with van der Waals surface area (Å²) < 4.78 is 1.87. The molecule has 0 saturated carbocycles. The van der Waals surface area contributed by atoms with Crippen LogP contribution in [0.4, 0.5) is 0 Å². The van der Waals surface area contributed by atoms with Gasteiger partial charge >= 0.3 is 0 Å². The molecule has 170 valence electrons. The average Bonchev–Trinajstić information content (AvgIpc) is 3.07. The summed E-state index contributed by atoms with van der Waals surface area (Å²) in [6.45, 7) is 1.16. The third-order valence-corrected chi connectivity index (χ3v) is 6.79. The molecular weight excluding hydrogens is 430 g/mol. The highest BCUT2D eigenvalue weighted by atomic mass is 16.1. The third-order valence-electron chi connectivity index (χ3n) is 6.79. The van der Waals surface area contributed by atoms with E-state index in [4.69, 9.17) is 9.98 Å². The van der Waals surface area contributed by atoms with Crippen molar-refractivity contribution in [1.82, 2.24) is 9.55 Å².